The number of ether oxygens (including phenoxy) is 1. The predicted octanol–water partition coefficient (Wildman–Crippen LogP) is 2.61. The zero-order chi connectivity index (χ0) is 17.6. The topological polar surface area (TPSA) is 79.3 Å². The van der Waals surface area contributed by atoms with Gasteiger partial charge in [0.25, 0.3) is 0 Å². The summed E-state index contributed by atoms with van der Waals surface area (Å²) in [6.07, 6.45) is 0.979. The van der Waals surface area contributed by atoms with E-state index < -0.39 is 0 Å². The molecule has 0 unspecified atom stereocenters. The highest BCUT2D eigenvalue weighted by Gasteiger charge is 2.20. The maximum Gasteiger partial charge on any atom is 0.224 e. The molecule has 1 aromatic carbocycles. The number of aromatic nitrogens is 2. The SMILES string of the molecule is Cc1ccc(CNc2cc([C@H]3CCOC3)nc(NCCO)n2)c(C)c1. The van der Waals surface area contributed by atoms with Crippen LogP contribution in [0.2, 0.25) is 0 Å². The predicted molar refractivity (Wildman–Crippen MR) is 99.0 cm³/mol. The third kappa shape index (κ3) is 4.67. The smallest absolute Gasteiger partial charge is 0.224 e. The Morgan fingerprint density at radius 1 is 1.20 bits per heavy atom. The largest absolute Gasteiger partial charge is 0.395 e. The van der Waals surface area contributed by atoms with Crippen molar-refractivity contribution in [3.63, 3.8) is 0 Å². The lowest BCUT2D eigenvalue weighted by molar-refractivity contribution is 0.193. The van der Waals surface area contributed by atoms with E-state index in [4.69, 9.17) is 9.84 Å². The van der Waals surface area contributed by atoms with Crippen molar-refractivity contribution in [1.29, 1.82) is 0 Å². The fourth-order valence-electron chi connectivity index (χ4n) is 3.01. The molecule has 2 heterocycles. The first-order chi connectivity index (χ1) is 12.2. The Morgan fingerprint density at radius 3 is 2.80 bits per heavy atom. The molecule has 3 rings (SSSR count). The van der Waals surface area contributed by atoms with E-state index >= 15 is 0 Å². The Bertz CT molecular complexity index is 715. The number of benzene rings is 1. The molecule has 6 nitrogen and oxygen atoms in total. The summed E-state index contributed by atoms with van der Waals surface area (Å²) >= 11 is 0. The van der Waals surface area contributed by atoms with Crippen LogP contribution in [0.1, 0.15) is 34.7 Å². The molecule has 0 bridgehead atoms. The molecule has 134 valence electrons. The molecule has 0 radical (unpaired) electrons. The zero-order valence-corrected chi connectivity index (χ0v) is 14.9. The highest BCUT2D eigenvalue weighted by atomic mass is 16.5. The van der Waals surface area contributed by atoms with Gasteiger partial charge in [-0.15, -0.1) is 0 Å². The van der Waals surface area contributed by atoms with E-state index in [1.54, 1.807) is 0 Å². The van der Waals surface area contributed by atoms with Gasteiger partial charge in [0.1, 0.15) is 5.82 Å². The molecule has 0 spiro atoms. The third-order valence-electron chi connectivity index (χ3n) is 4.45. The second-order valence-electron chi connectivity index (χ2n) is 6.50. The summed E-state index contributed by atoms with van der Waals surface area (Å²) in [7, 11) is 0. The van der Waals surface area contributed by atoms with E-state index in [2.05, 4.69) is 52.6 Å². The molecular weight excluding hydrogens is 316 g/mol. The van der Waals surface area contributed by atoms with E-state index in [9.17, 15) is 0 Å². The van der Waals surface area contributed by atoms with Crippen molar-refractivity contribution in [2.24, 2.45) is 0 Å². The Kier molecular flexibility index (Phi) is 5.83. The number of rotatable bonds is 7. The van der Waals surface area contributed by atoms with Crippen LogP contribution in [0.4, 0.5) is 11.8 Å². The first-order valence-corrected chi connectivity index (χ1v) is 8.77. The van der Waals surface area contributed by atoms with E-state index in [1.165, 1.54) is 16.7 Å². The van der Waals surface area contributed by atoms with E-state index in [-0.39, 0.29) is 6.61 Å². The van der Waals surface area contributed by atoms with Gasteiger partial charge in [-0.05, 0) is 31.4 Å². The van der Waals surface area contributed by atoms with Gasteiger partial charge in [-0.2, -0.15) is 4.98 Å². The van der Waals surface area contributed by atoms with Crippen molar-refractivity contribution >= 4 is 11.8 Å². The molecule has 1 aliphatic rings. The number of hydrogen-bond acceptors (Lipinski definition) is 6. The first kappa shape index (κ1) is 17.6. The number of aliphatic hydroxyl groups is 1. The molecule has 1 aliphatic heterocycles. The summed E-state index contributed by atoms with van der Waals surface area (Å²) in [4.78, 5) is 9.10. The van der Waals surface area contributed by atoms with Crippen molar-refractivity contribution in [3.05, 3.63) is 46.6 Å². The van der Waals surface area contributed by atoms with Gasteiger partial charge in [0, 0.05) is 31.7 Å². The van der Waals surface area contributed by atoms with Crippen LogP contribution in [0.3, 0.4) is 0 Å². The minimum atomic E-state index is 0.0471. The van der Waals surface area contributed by atoms with Crippen LogP contribution in [0.5, 0.6) is 0 Å². The second-order valence-corrected chi connectivity index (χ2v) is 6.50. The quantitative estimate of drug-likeness (QED) is 0.718. The Labute approximate surface area is 148 Å². The average molecular weight is 342 g/mol. The Balaban J connectivity index is 1.77. The summed E-state index contributed by atoms with van der Waals surface area (Å²) in [6, 6.07) is 8.47. The molecule has 1 fully saturated rings. The van der Waals surface area contributed by atoms with Crippen molar-refractivity contribution in [2.45, 2.75) is 32.7 Å². The van der Waals surface area contributed by atoms with Gasteiger partial charge in [-0.1, -0.05) is 23.8 Å². The monoisotopic (exact) mass is 342 g/mol. The second kappa shape index (κ2) is 8.27. The maximum absolute atomic E-state index is 9.03. The fraction of sp³-hybridized carbons (Fsp3) is 0.474. The number of hydrogen-bond donors (Lipinski definition) is 3. The van der Waals surface area contributed by atoms with Crippen LogP contribution in [0.15, 0.2) is 24.3 Å². The Morgan fingerprint density at radius 2 is 2.08 bits per heavy atom. The first-order valence-electron chi connectivity index (χ1n) is 8.77. The zero-order valence-electron chi connectivity index (χ0n) is 14.9. The van der Waals surface area contributed by atoms with Crippen molar-refractivity contribution < 1.29 is 9.84 Å². The molecule has 25 heavy (non-hydrogen) atoms. The molecule has 0 saturated carbocycles. The molecule has 0 aliphatic carbocycles. The van der Waals surface area contributed by atoms with Gasteiger partial charge in [0.15, 0.2) is 0 Å². The molecule has 2 aromatic rings. The summed E-state index contributed by atoms with van der Waals surface area (Å²) in [5.41, 5.74) is 4.77. The highest BCUT2D eigenvalue weighted by Crippen LogP contribution is 2.26. The Hall–Kier alpha value is -2.18. The summed E-state index contributed by atoms with van der Waals surface area (Å²) in [6.45, 7) is 6.89. The lowest BCUT2D eigenvalue weighted by atomic mass is 10.0. The lowest BCUT2D eigenvalue weighted by Crippen LogP contribution is -2.13. The van der Waals surface area contributed by atoms with Crippen molar-refractivity contribution in [2.75, 3.05) is 37.0 Å². The lowest BCUT2D eigenvalue weighted by Gasteiger charge is -2.14. The number of aliphatic hydroxyl groups excluding tert-OH is 1. The van der Waals surface area contributed by atoms with Crippen LogP contribution >= 0.6 is 0 Å². The van der Waals surface area contributed by atoms with Gasteiger partial charge in [-0.25, -0.2) is 4.98 Å². The normalized spacial score (nSPS) is 16.8. The number of nitrogens with zero attached hydrogens (tertiary/aromatic N) is 2. The van der Waals surface area contributed by atoms with Crippen LogP contribution in [0, 0.1) is 13.8 Å². The molecule has 1 aromatic heterocycles. The number of aryl methyl sites for hydroxylation is 2. The van der Waals surface area contributed by atoms with E-state index in [0.29, 0.717) is 31.6 Å². The van der Waals surface area contributed by atoms with Gasteiger partial charge in [0.2, 0.25) is 5.95 Å². The van der Waals surface area contributed by atoms with E-state index in [0.717, 1.165) is 24.5 Å². The molecule has 6 heteroatoms. The molecule has 0 amide bonds. The fourth-order valence-corrected chi connectivity index (χ4v) is 3.01. The van der Waals surface area contributed by atoms with Gasteiger partial charge >= 0.3 is 0 Å². The van der Waals surface area contributed by atoms with Gasteiger partial charge in [0.05, 0.1) is 18.9 Å². The molecule has 1 atom stereocenters. The van der Waals surface area contributed by atoms with Gasteiger partial charge < -0.3 is 20.5 Å². The number of nitrogens with one attached hydrogen (secondary N) is 2. The highest BCUT2D eigenvalue weighted by molar-refractivity contribution is 5.44. The third-order valence-corrected chi connectivity index (χ3v) is 4.45. The van der Waals surface area contributed by atoms with Gasteiger partial charge in [-0.3, -0.25) is 0 Å². The number of anilines is 2. The van der Waals surface area contributed by atoms with E-state index in [1.807, 2.05) is 6.07 Å². The van der Waals surface area contributed by atoms with Crippen molar-refractivity contribution in [1.82, 2.24) is 9.97 Å². The summed E-state index contributed by atoms with van der Waals surface area (Å²) in [5.74, 6) is 1.64. The molecule has 1 saturated heterocycles. The van der Waals surface area contributed by atoms with Crippen LogP contribution < -0.4 is 10.6 Å². The standard InChI is InChI=1S/C19H26N4O2/c1-13-3-4-15(14(2)9-13)11-21-18-10-17(16-5-8-25-12-16)22-19(23-18)20-6-7-24/h3-4,9-10,16,24H,5-8,11-12H2,1-2H3,(H2,20,21,22,23)/t16-/m0/s1. The van der Waals surface area contributed by atoms with Crippen LogP contribution in [-0.2, 0) is 11.3 Å². The van der Waals surface area contributed by atoms with Crippen LogP contribution in [0.25, 0.3) is 0 Å². The molecule has 3 N–H and O–H groups in total. The molecular formula is C19H26N4O2. The summed E-state index contributed by atoms with van der Waals surface area (Å²) < 4.78 is 5.49. The minimum absolute atomic E-state index is 0.0471. The minimum Gasteiger partial charge on any atom is -0.395 e. The average Bonchev–Trinajstić information content (AvgIpc) is 3.14. The van der Waals surface area contributed by atoms with Crippen LogP contribution in [-0.4, -0.2) is 41.4 Å². The summed E-state index contributed by atoms with van der Waals surface area (Å²) in [5, 5.41) is 15.5. The maximum atomic E-state index is 9.03. The van der Waals surface area contributed by atoms with Crippen molar-refractivity contribution in [3.8, 4) is 0 Å².